The number of fused-ring (bicyclic) bond motifs is 3. The van der Waals surface area contributed by atoms with Gasteiger partial charge in [0, 0.05) is 12.6 Å². The monoisotopic (exact) mass is 328 g/mol. The number of carbonyl (C=O) groups excluding carboxylic acids is 1. The van der Waals surface area contributed by atoms with E-state index in [2.05, 4.69) is 26.1 Å². The van der Waals surface area contributed by atoms with Crippen LogP contribution in [-0.4, -0.2) is 36.5 Å². The summed E-state index contributed by atoms with van der Waals surface area (Å²) >= 11 is 4.99. The molecule has 0 saturated carbocycles. The summed E-state index contributed by atoms with van der Waals surface area (Å²) in [5.41, 5.74) is 1.14. The number of hydrogen-bond acceptors (Lipinski definition) is 3. The maximum atomic E-state index is 12.2. The molecule has 98 valence electrons. The Kier molecular flexibility index (Phi) is 3.47. The van der Waals surface area contributed by atoms with Crippen molar-refractivity contribution in [3.63, 3.8) is 0 Å². The highest BCUT2D eigenvalue weighted by molar-refractivity contribution is 9.11. The van der Waals surface area contributed by atoms with E-state index in [1.54, 1.807) is 0 Å². The second kappa shape index (κ2) is 4.94. The fraction of sp³-hybridized carbons (Fsp3) is 0.615. The zero-order valence-corrected chi connectivity index (χ0v) is 12.8. The van der Waals surface area contributed by atoms with Gasteiger partial charge >= 0.3 is 0 Å². The normalized spacial score (nSPS) is 30.4. The van der Waals surface area contributed by atoms with Gasteiger partial charge in [-0.05, 0) is 66.3 Å². The average molecular weight is 329 g/mol. The molecule has 3 saturated heterocycles. The molecule has 0 aromatic carbocycles. The minimum absolute atomic E-state index is 0.0903. The second-order valence-corrected chi connectivity index (χ2v) is 7.66. The summed E-state index contributed by atoms with van der Waals surface area (Å²) in [6, 6.07) is 2.31. The number of halogens is 1. The number of thiophene rings is 1. The van der Waals surface area contributed by atoms with Gasteiger partial charge in [-0.1, -0.05) is 0 Å². The van der Waals surface area contributed by atoms with Crippen molar-refractivity contribution in [2.24, 2.45) is 5.92 Å². The lowest BCUT2D eigenvalue weighted by Crippen LogP contribution is -2.57. The summed E-state index contributed by atoms with van der Waals surface area (Å²) in [4.78, 5) is 15.5. The minimum atomic E-state index is 0.0903. The van der Waals surface area contributed by atoms with Gasteiger partial charge in [0.1, 0.15) is 0 Å². The SMILES string of the molecule is Cc1cc(C(=O)NC2CN3CCC2CC3)sc1Br. The van der Waals surface area contributed by atoms with Gasteiger partial charge in [0.15, 0.2) is 0 Å². The molecule has 4 heterocycles. The maximum absolute atomic E-state index is 12.2. The van der Waals surface area contributed by atoms with Crippen molar-refractivity contribution in [2.75, 3.05) is 19.6 Å². The van der Waals surface area contributed by atoms with E-state index >= 15 is 0 Å². The highest BCUT2D eigenvalue weighted by Crippen LogP contribution is 2.30. The molecule has 1 amide bonds. The van der Waals surface area contributed by atoms with E-state index in [4.69, 9.17) is 0 Å². The number of carbonyl (C=O) groups is 1. The summed E-state index contributed by atoms with van der Waals surface area (Å²) in [5.74, 6) is 0.774. The van der Waals surface area contributed by atoms with Crippen molar-refractivity contribution in [3.8, 4) is 0 Å². The van der Waals surface area contributed by atoms with Crippen LogP contribution < -0.4 is 5.32 Å². The molecule has 3 aliphatic rings. The van der Waals surface area contributed by atoms with Crippen LogP contribution in [0.25, 0.3) is 0 Å². The van der Waals surface area contributed by atoms with Gasteiger partial charge in [0.25, 0.3) is 5.91 Å². The van der Waals surface area contributed by atoms with Gasteiger partial charge in [-0.2, -0.15) is 0 Å². The Morgan fingerprint density at radius 3 is 2.72 bits per heavy atom. The summed E-state index contributed by atoms with van der Waals surface area (Å²) in [6.07, 6.45) is 2.47. The topological polar surface area (TPSA) is 32.3 Å². The van der Waals surface area contributed by atoms with Crippen LogP contribution in [0.2, 0.25) is 0 Å². The first kappa shape index (κ1) is 12.6. The number of nitrogens with one attached hydrogen (secondary N) is 1. The zero-order valence-electron chi connectivity index (χ0n) is 10.4. The summed E-state index contributed by atoms with van der Waals surface area (Å²) in [5, 5.41) is 3.22. The van der Waals surface area contributed by atoms with Crippen LogP contribution in [0.5, 0.6) is 0 Å². The highest BCUT2D eigenvalue weighted by Gasteiger charge is 2.35. The zero-order chi connectivity index (χ0) is 12.7. The first-order valence-electron chi connectivity index (χ1n) is 6.42. The van der Waals surface area contributed by atoms with E-state index < -0.39 is 0 Å². The molecule has 0 spiro atoms. The Labute approximate surface area is 120 Å². The standard InChI is InChI=1S/C13H17BrN2OS/c1-8-6-11(18-12(8)14)13(17)15-10-7-16-4-2-9(10)3-5-16/h6,9-10H,2-5,7H2,1H3,(H,15,17). The Hall–Kier alpha value is -0.390. The van der Waals surface area contributed by atoms with Crippen LogP contribution >= 0.6 is 27.3 Å². The smallest absolute Gasteiger partial charge is 0.261 e. The largest absolute Gasteiger partial charge is 0.347 e. The Bertz CT molecular complexity index is 446. The molecule has 3 fully saturated rings. The predicted octanol–water partition coefficient (Wildman–Crippen LogP) is 2.64. The molecule has 1 unspecified atom stereocenters. The Balaban J connectivity index is 1.67. The van der Waals surface area contributed by atoms with Crippen molar-refractivity contribution in [1.29, 1.82) is 0 Å². The predicted molar refractivity (Wildman–Crippen MR) is 77.2 cm³/mol. The molecule has 1 aromatic heterocycles. The van der Waals surface area contributed by atoms with Crippen LogP contribution in [-0.2, 0) is 0 Å². The molecule has 0 radical (unpaired) electrons. The summed E-state index contributed by atoms with van der Waals surface area (Å²) < 4.78 is 1.06. The van der Waals surface area contributed by atoms with Crippen molar-refractivity contribution < 1.29 is 4.79 Å². The quantitative estimate of drug-likeness (QED) is 0.905. The van der Waals surface area contributed by atoms with Crippen LogP contribution in [0, 0.1) is 12.8 Å². The van der Waals surface area contributed by atoms with E-state index in [0.717, 1.165) is 20.8 Å². The molecule has 18 heavy (non-hydrogen) atoms. The van der Waals surface area contributed by atoms with E-state index in [-0.39, 0.29) is 5.91 Å². The van der Waals surface area contributed by atoms with E-state index in [1.807, 2.05) is 13.0 Å². The van der Waals surface area contributed by atoms with Crippen molar-refractivity contribution in [3.05, 3.63) is 20.3 Å². The van der Waals surface area contributed by atoms with Gasteiger partial charge in [-0.25, -0.2) is 0 Å². The summed E-state index contributed by atoms with van der Waals surface area (Å²) in [7, 11) is 0. The lowest BCUT2D eigenvalue weighted by molar-refractivity contribution is 0.0622. The third-order valence-electron chi connectivity index (χ3n) is 4.05. The van der Waals surface area contributed by atoms with Gasteiger partial charge in [0.05, 0.1) is 8.66 Å². The summed E-state index contributed by atoms with van der Waals surface area (Å²) in [6.45, 7) is 5.47. The van der Waals surface area contributed by atoms with Gasteiger partial charge < -0.3 is 10.2 Å². The number of piperidine rings is 3. The van der Waals surface area contributed by atoms with Crippen LogP contribution in [0.4, 0.5) is 0 Å². The first-order valence-corrected chi connectivity index (χ1v) is 8.03. The Morgan fingerprint density at radius 1 is 1.50 bits per heavy atom. The third kappa shape index (κ3) is 2.36. The van der Waals surface area contributed by atoms with Gasteiger partial charge in [-0.15, -0.1) is 11.3 Å². The molecule has 4 rings (SSSR count). The highest BCUT2D eigenvalue weighted by atomic mass is 79.9. The molecule has 1 atom stereocenters. The molecular weight excluding hydrogens is 312 g/mol. The van der Waals surface area contributed by atoms with E-state index in [1.165, 1.54) is 37.3 Å². The number of amides is 1. The molecule has 5 heteroatoms. The fourth-order valence-electron chi connectivity index (χ4n) is 2.94. The molecule has 2 bridgehead atoms. The lowest BCUT2D eigenvalue weighted by atomic mass is 9.84. The maximum Gasteiger partial charge on any atom is 0.261 e. The van der Waals surface area contributed by atoms with Gasteiger partial charge in [-0.3, -0.25) is 4.79 Å². The molecule has 3 aliphatic heterocycles. The Morgan fingerprint density at radius 2 is 2.22 bits per heavy atom. The lowest BCUT2D eigenvalue weighted by Gasteiger charge is -2.44. The average Bonchev–Trinajstić information content (AvgIpc) is 2.71. The molecular formula is C13H17BrN2OS. The third-order valence-corrected chi connectivity index (χ3v) is 6.19. The number of nitrogens with zero attached hydrogens (tertiary/aromatic N) is 1. The van der Waals surface area contributed by atoms with E-state index in [9.17, 15) is 4.79 Å². The van der Waals surface area contributed by atoms with Crippen molar-refractivity contribution in [2.45, 2.75) is 25.8 Å². The van der Waals surface area contributed by atoms with Gasteiger partial charge in [0.2, 0.25) is 0 Å². The number of rotatable bonds is 2. The molecule has 3 nitrogen and oxygen atoms in total. The minimum Gasteiger partial charge on any atom is -0.347 e. The van der Waals surface area contributed by atoms with E-state index in [0.29, 0.717) is 12.0 Å². The molecule has 1 N–H and O–H groups in total. The van der Waals surface area contributed by atoms with Crippen molar-refractivity contribution >= 4 is 33.2 Å². The molecule has 0 aliphatic carbocycles. The van der Waals surface area contributed by atoms with Crippen LogP contribution in [0.15, 0.2) is 9.85 Å². The fourth-order valence-corrected chi connectivity index (χ4v) is 4.38. The second-order valence-electron chi connectivity index (χ2n) is 5.29. The first-order chi connectivity index (χ1) is 8.63. The van der Waals surface area contributed by atoms with Crippen LogP contribution in [0.3, 0.4) is 0 Å². The van der Waals surface area contributed by atoms with Crippen LogP contribution in [0.1, 0.15) is 28.1 Å². The van der Waals surface area contributed by atoms with Crippen molar-refractivity contribution in [1.82, 2.24) is 10.2 Å². The number of hydrogen-bond donors (Lipinski definition) is 1. The number of aryl methyl sites for hydroxylation is 1. The molecule has 1 aromatic rings.